The molecule has 0 aliphatic carbocycles. The molecule has 1 aromatic carbocycles. The summed E-state index contributed by atoms with van der Waals surface area (Å²) in [6.07, 6.45) is 0.385. The van der Waals surface area contributed by atoms with Gasteiger partial charge < -0.3 is 16.4 Å². The Morgan fingerprint density at radius 1 is 1.59 bits per heavy atom. The van der Waals surface area contributed by atoms with Gasteiger partial charge in [-0.3, -0.25) is 9.59 Å². The van der Waals surface area contributed by atoms with Gasteiger partial charge in [-0.2, -0.15) is 0 Å². The Morgan fingerprint density at radius 2 is 2.35 bits per heavy atom. The maximum Gasteiger partial charge on any atom is 0.251 e. The molecule has 5 heteroatoms. The van der Waals surface area contributed by atoms with Crippen molar-refractivity contribution in [3.63, 3.8) is 0 Å². The first-order valence-electron chi connectivity index (χ1n) is 5.54. The first-order valence-corrected chi connectivity index (χ1v) is 5.54. The van der Waals surface area contributed by atoms with Crippen molar-refractivity contribution < 1.29 is 9.59 Å². The monoisotopic (exact) mass is 233 g/mol. The zero-order valence-corrected chi connectivity index (χ0v) is 9.62. The lowest BCUT2D eigenvalue weighted by atomic mass is 10.1. The number of anilines is 1. The largest absolute Gasteiger partial charge is 0.348 e. The van der Waals surface area contributed by atoms with Crippen molar-refractivity contribution in [1.29, 1.82) is 0 Å². The Morgan fingerprint density at radius 3 is 3.06 bits per heavy atom. The molecule has 0 radical (unpaired) electrons. The van der Waals surface area contributed by atoms with Crippen LogP contribution in [0.5, 0.6) is 0 Å². The number of fused-ring (bicyclic) bond motifs is 1. The minimum absolute atomic E-state index is 0.0344. The van der Waals surface area contributed by atoms with E-state index in [1.165, 1.54) is 0 Å². The van der Waals surface area contributed by atoms with Crippen LogP contribution in [0.4, 0.5) is 5.69 Å². The summed E-state index contributed by atoms with van der Waals surface area (Å²) in [5, 5.41) is 5.49. The third-order valence-electron chi connectivity index (χ3n) is 2.73. The van der Waals surface area contributed by atoms with E-state index < -0.39 is 0 Å². The van der Waals surface area contributed by atoms with Crippen LogP contribution in [0.3, 0.4) is 0 Å². The normalized spacial score (nSPS) is 15.1. The minimum atomic E-state index is -0.174. The standard InChI is InChI=1S/C12H15N3O2/c1-7(6-13)14-12(17)9-3-2-8-5-11(16)15-10(8)4-9/h2-4,7H,5-6,13H2,1H3,(H,14,17)(H,15,16). The van der Waals surface area contributed by atoms with Crippen molar-refractivity contribution in [1.82, 2.24) is 5.32 Å². The number of hydrogen-bond donors (Lipinski definition) is 3. The van der Waals surface area contributed by atoms with Gasteiger partial charge in [0.05, 0.1) is 6.42 Å². The minimum Gasteiger partial charge on any atom is -0.348 e. The summed E-state index contributed by atoms with van der Waals surface area (Å²) in [5.41, 5.74) is 7.62. The van der Waals surface area contributed by atoms with E-state index in [0.29, 0.717) is 18.5 Å². The molecule has 0 saturated heterocycles. The molecule has 2 rings (SSSR count). The summed E-state index contributed by atoms with van der Waals surface area (Å²) in [5.74, 6) is -0.209. The first-order chi connectivity index (χ1) is 8.10. The summed E-state index contributed by atoms with van der Waals surface area (Å²) in [7, 11) is 0. The predicted octanol–water partition coefficient (Wildman–Crippen LogP) is 0.258. The van der Waals surface area contributed by atoms with Gasteiger partial charge in [0.15, 0.2) is 0 Å². The van der Waals surface area contributed by atoms with E-state index in [2.05, 4.69) is 10.6 Å². The Labute approximate surface area is 99.4 Å². The third-order valence-corrected chi connectivity index (χ3v) is 2.73. The predicted molar refractivity (Wildman–Crippen MR) is 64.8 cm³/mol. The second-order valence-electron chi connectivity index (χ2n) is 4.21. The lowest BCUT2D eigenvalue weighted by Crippen LogP contribution is -2.37. The molecule has 0 fully saturated rings. The number of carbonyl (C=O) groups excluding carboxylic acids is 2. The van der Waals surface area contributed by atoms with Crippen molar-refractivity contribution in [2.24, 2.45) is 5.73 Å². The number of carbonyl (C=O) groups is 2. The number of rotatable bonds is 3. The summed E-state index contributed by atoms with van der Waals surface area (Å²) < 4.78 is 0. The van der Waals surface area contributed by atoms with Crippen LogP contribution in [-0.4, -0.2) is 24.4 Å². The van der Waals surface area contributed by atoms with Gasteiger partial charge in [0, 0.05) is 23.8 Å². The quantitative estimate of drug-likeness (QED) is 0.700. The Bertz CT molecular complexity index is 471. The summed E-state index contributed by atoms with van der Waals surface area (Å²) in [6.45, 7) is 2.24. The lowest BCUT2D eigenvalue weighted by Gasteiger charge is -2.11. The van der Waals surface area contributed by atoms with E-state index in [1.807, 2.05) is 6.92 Å². The summed E-state index contributed by atoms with van der Waals surface area (Å²) in [4.78, 5) is 23.0. The highest BCUT2D eigenvalue weighted by molar-refractivity contribution is 6.02. The van der Waals surface area contributed by atoms with Gasteiger partial charge in [0.1, 0.15) is 0 Å². The topological polar surface area (TPSA) is 84.2 Å². The molecule has 1 atom stereocenters. The zero-order valence-electron chi connectivity index (χ0n) is 9.62. The second kappa shape index (κ2) is 4.55. The van der Waals surface area contributed by atoms with E-state index in [1.54, 1.807) is 18.2 Å². The van der Waals surface area contributed by atoms with Crippen molar-refractivity contribution in [3.8, 4) is 0 Å². The smallest absolute Gasteiger partial charge is 0.251 e. The number of amides is 2. The molecule has 1 aromatic rings. The van der Waals surface area contributed by atoms with Gasteiger partial charge in [0.25, 0.3) is 5.91 Å². The van der Waals surface area contributed by atoms with Gasteiger partial charge >= 0.3 is 0 Å². The highest BCUT2D eigenvalue weighted by Crippen LogP contribution is 2.23. The molecule has 1 aliphatic rings. The fourth-order valence-electron chi connectivity index (χ4n) is 1.72. The van der Waals surface area contributed by atoms with E-state index in [0.717, 1.165) is 11.3 Å². The molecule has 5 nitrogen and oxygen atoms in total. The average molecular weight is 233 g/mol. The molecule has 1 unspecified atom stereocenters. The first kappa shape index (κ1) is 11.6. The molecule has 0 aromatic heterocycles. The van der Waals surface area contributed by atoms with Crippen LogP contribution < -0.4 is 16.4 Å². The molecular formula is C12H15N3O2. The van der Waals surface area contributed by atoms with Crippen LogP contribution in [0.2, 0.25) is 0 Å². The van der Waals surface area contributed by atoms with E-state index in [9.17, 15) is 9.59 Å². The van der Waals surface area contributed by atoms with Gasteiger partial charge in [-0.15, -0.1) is 0 Å². The molecule has 90 valence electrons. The lowest BCUT2D eigenvalue weighted by molar-refractivity contribution is -0.115. The second-order valence-corrected chi connectivity index (χ2v) is 4.21. The third kappa shape index (κ3) is 2.45. The number of nitrogens with two attached hydrogens (primary N) is 1. The van der Waals surface area contributed by atoms with Crippen LogP contribution in [0.1, 0.15) is 22.8 Å². The maximum absolute atomic E-state index is 11.8. The van der Waals surface area contributed by atoms with Crippen LogP contribution >= 0.6 is 0 Å². The van der Waals surface area contributed by atoms with Crippen molar-refractivity contribution in [3.05, 3.63) is 29.3 Å². The van der Waals surface area contributed by atoms with Gasteiger partial charge in [0.2, 0.25) is 5.91 Å². The number of nitrogens with one attached hydrogen (secondary N) is 2. The SMILES string of the molecule is CC(CN)NC(=O)c1ccc2c(c1)NC(=O)C2. The number of hydrogen-bond acceptors (Lipinski definition) is 3. The van der Waals surface area contributed by atoms with E-state index in [-0.39, 0.29) is 17.9 Å². The van der Waals surface area contributed by atoms with E-state index in [4.69, 9.17) is 5.73 Å². The molecule has 17 heavy (non-hydrogen) atoms. The molecule has 2 amide bonds. The fraction of sp³-hybridized carbons (Fsp3) is 0.333. The van der Waals surface area contributed by atoms with Gasteiger partial charge in [-0.05, 0) is 24.6 Å². The maximum atomic E-state index is 11.8. The van der Waals surface area contributed by atoms with Crippen LogP contribution in [-0.2, 0) is 11.2 Å². The average Bonchev–Trinajstić information content (AvgIpc) is 2.67. The molecule has 1 aliphatic heterocycles. The molecule has 0 spiro atoms. The molecular weight excluding hydrogens is 218 g/mol. The van der Waals surface area contributed by atoms with Gasteiger partial charge in [-0.1, -0.05) is 6.07 Å². The zero-order chi connectivity index (χ0) is 12.4. The Hall–Kier alpha value is -1.88. The Kier molecular flexibility index (Phi) is 3.10. The van der Waals surface area contributed by atoms with Gasteiger partial charge in [-0.25, -0.2) is 0 Å². The highest BCUT2D eigenvalue weighted by atomic mass is 16.2. The fourth-order valence-corrected chi connectivity index (χ4v) is 1.72. The van der Waals surface area contributed by atoms with Crippen molar-refractivity contribution >= 4 is 17.5 Å². The molecule has 4 N–H and O–H groups in total. The van der Waals surface area contributed by atoms with Crippen LogP contribution in [0.25, 0.3) is 0 Å². The van der Waals surface area contributed by atoms with Crippen LogP contribution in [0, 0.1) is 0 Å². The van der Waals surface area contributed by atoms with Crippen LogP contribution in [0.15, 0.2) is 18.2 Å². The molecule has 0 saturated carbocycles. The molecule has 1 heterocycles. The van der Waals surface area contributed by atoms with Crippen molar-refractivity contribution in [2.75, 3.05) is 11.9 Å². The van der Waals surface area contributed by atoms with E-state index >= 15 is 0 Å². The summed E-state index contributed by atoms with van der Waals surface area (Å²) >= 11 is 0. The molecule has 0 bridgehead atoms. The van der Waals surface area contributed by atoms with Crippen molar-refractivity contribution in [2.45, 2.75) is 19.4 Å². The Balaban J connectivity index is 2.16. The summed E-state index contributed by atoms with van der Waals surface area (Å²) in [6, 6.07) is 5.15. The highest BCUT2D eigenvalue weighted by Gasteiger charge is 2.19. The number of benzene rings is 1.